The maximum atomic E-state index is 12.5. The molecule has 4 aromatic rings. The Balaban J connectivity index is 1.21. The van der Waals surface area contributed by atoms with Crippen LogP contribution < -0.4 is 9.80 Å². The van der Waals surface area contributed by atoms with Gasteiger partial charge in [0.25, 0.3) is 0 Å². The fourth-order valence-corrected chi connectivity index (χ4v) is 4.23. The van der Waals surface area contributed by atoms with E-state index in [1.54, 1.807) is 42.8 Å². The molecule has 0 aliphatic carbocycles. The number of hydrogen-bond donors (Lipinski definition) is 0. The Morgan fingerprint density at radius 3 is 2.46 bits per heavy atom. The highest BCUT2D eigenvalue weighted by Gasteiger charge is 2.29. The van der Waals surface area contributed by atoms with E-state index in [0.29, 0.717) is 25.0 Å². The molecule has 5 rings (SSSR count). The van der Waals surface area contributed by atoms with Crippen LogP contribution in [0.1, 0.15) is 11.1 Å². The molecule has 1 saturated heterocycles. The second-order valence-corrected chi connectivity index (χ2v) is 8.60. The van der Waals surface area contributed by atoms with Crippen LogP contribution in [-0.2, 0) is 11.3 Å². The van der Waals surface area contributed by atoms with E-state index < -0.39 is 6.67 Å². The number of alkyl halides is 1. The molecular formula is C26H28FN9O. The van der Waals surface area contributed by atoms with Crippen LogP contribution >= 0.6 is 0 Å². The molecule has 11 heteroatoms. The van der Waals surface area contributed by atoms with Crippen molar-refractivity contribution in [1.82, 2.24) is 34.7 Å². The molecule has 0 radical (unpaired) electrons. The average Bonchev–Trinajstić information content (AvgIpc) is 3.42. The van der Waals surface area contributed by atoms with Gasteiger partial charge in [-0.2, -0.15) is 5.10 Å². The summed E-state index contributed by atoms with van der Waals surface area (Å²) in [5.41, 5.74) is 3.49. The summed E-state index contributed by atoms with van der Waals surface area (Å²) in [6, 6.07) is 5.81. The van der Waals surface area contributed by atoms with E-state index in [4.69, 9.17) is 4.74 Å². The molecule has 4 aromatic heterocycles. The van der Waals surface area contributed by atoms with Crippen molar-refractivity contribution in [3.63, 3.8) is 0 Å². The van der Waals surface area contributed by atoms with Crippen molar-refractivity contribution in [3.05, 3.63) is 72.7 Å². The van der Waals surface area contributed by atoms with Gasteiger partial charge in [-0.05, 0) is 17.7 Å². The molecule has 190 valence electrons. The normalized spacial score (nSPS) is 16.0. The molecule has 37 heavy (non-hydrogen) atoms. The van der Waals surface area contributed by atoms with Gasteiger partial charge in [-0.3, -0.25) is 9.67 Å². The number of ether oxygens (including phenoxy) is 1. The third-order valence-corrected chi connectivity index (χ3v) is 6.09. The fourth-order valence-electron chi connectivity index (χ4n) is 4.23. The lowest BCUT2D eigenvalue weighted by molar-refractivity contribution is 0.173. The quantitative estimate of drug-likeness (QED) is 0.343. The Morgan fingerprint density at radius 2 is 1.73 bits per heavy atom. The van der Waals surface area contributed by atoms with E-state index in [0.717, 1.165) is 35.5 Å². The fraction of sp³-hybridized carbons (Fsp3) is 0.308. The largest absolute Gasteiger partial charge is 0.382 e. The molecule has 0 amide bonds. The number of nitrogens with zero attached hydrogens (tertiary/aromatic N) is 9. The minimum Gasteiger partial charge on any atom is -0.382 e. The minimum absolute atomic E-state index is 0.0952. The van der Waals surface area contributed by atoms with Gasteiger partial charge in [-0.1, -0.05) is 18.2 Å². The average molecular weight is 502 g/mol. The summed E-state index contributed by atoms with van der Waals surface area (Å²) in [5.74, 6) is 1.39. The lowest BCUT2D eigenvalue weighted by atomic mass is 10.1. The Hall–Kier alpha value is -4.25. The van der Waals surface area contributed by atoms with Crippen LogP contribution in [0.15, 0.2) is 61.6 Å². The highest BCUT2D eigenvalue weighted by atomic mass is 19.1. The Kier molecular flexibility index (Phi) is 7.70. The molecule has 0 unspecified atom stereocenters. The predicted molar refractivity (Wildman–Crippen MR) is 140 cm³/mol. The highest BCUT2D eigenvalue weighted by Crippen LogP contribution is 2.20. The van der Waals surface area contributed by atoms with Crippen LogP contribution in [0.2, 0.25) is 0 Å². The van der Waals surface area contributed by atoms with Crippen molar-refractivity contribution in [1.29, 1.82) is 0 Å². The molecule has 1 fully saturated rings. The van der Waals surface area contributed by atoms with Crippen molar-refractivity contribution in [2.45, 2.75) is 12.6 Å². The number of halogens is 1. The molecule has 0 spiro atoms. The number of pyridine rings is 1. The molecule has 0 saturated carbocycles. The number of aryl methyl sites for hydroxylation is 1. The third kappa shape index (κ3) is 5.95. The first-order valence-electron chi connectivity index (χ1n) is 12.1. The topological polar surface area (TPSA) is 98.0 Å². The van der Waals surface area contributed by atoms with Gasteiger partial charge in [0.15, 0.2) is 0 Å². The van der Waals surface area contributed by atoms with Gasteiger partial charge in [0.1, 0.15) is 6.67 Å². The Labute approximate surface area is 214 Å². The Bertz CT molecular complexity index is 1300. The molecule has 5 heterocycles. The smallest absolute Gasteiger partial charge is 0.225 e. The zero-order valence-electron chi connectivity index (χ0n) is 20.6. The van der Waals surface area contributed by atoms with Crippen LogP contribution in [0.5, 0.6) is 0 Å². The van der Waals surface area contributed by atoms with Gasteiger partial charge >= 0.3 is 0 Å². The number of rotatable bonds is 9. The van der Waals surface area contributed by atoms with E-state index in [-0.39, 0.29) is 12.6 Å². The van der Waals surface area contributed by atoms with Crippen molar-refractivity contribution in [3.8, 4) is 11.3 Å². The van der Waals surface area contributed by atoms with Crippen molar-refractivity contribution in [2.24, 2.45) is 0 Å². The van der Waals surface area contributed by atoms with E-state index >= 15 is 0 Å². The maximum absolute atomic E-state index is 12.5. The zero-order chi connectivity index (χ0) is 25.5. The second-order valence-electron chi connectivity index (χ2n) is 8.60. The number of aromatic nitrogens is 7. The predicted octanol–water partition coefficient (Wildman–Crippen LogP) is 3.01. The zero-order valence-corrected chi connectivity index (χ0v) is 20.6. The molecular weight excluding hydrogens is 473 g/mol. The van der Waals surface area contributed by atoms with Gasteiger partial charge in [-0.25, -0.2) is 24.3 Å². The van der Waals surface area contributed by atoms with Crippen molar-refractivity contribution in [2.75, 3.05) is 49.8 Å². The van der Waals surface area contributed by atoms with E-state index in [1.165, 1.54) is 0 Å². The SMILES string of the molecule is COC[C@H]1CN(c2ncc(/C=C/c3ccc(-c4cnn(CCF)c4)nc3)cn2)CCN1c1ncccn1. The van der Waals surface area contributed by atoms with Gasteiger partial charge in [0, 0.05) is 75.1 Å². The number of methoxy groups -OCH3 is 1. The minimum atomic E-state index is -0.447. The first-order chi connectivity index (χ1) is 18.2. The van der Waals surface area contributed by atoms with Crippen LogP contribution in [0.25, 0.3) is 23.4 Å². The van der Waals surface area contributed by atoms with E-state index in [2.05, 4.69) is 39.8 Å². The first kappa shape index (κ1) is 24.4. The summed E-state index contributed by atoms with van der Waals surface area (Å²) in [6.45, 7) is 2.58. The molecule has 0 bridgehead atoms. The summed E-state index contributed by atoms with van der Waals surface area (Å²) in [7, 11) is 1.70. The molecule has 0 N–H and O–H groups in total. The van der Waals surface area contributed by atoms with Crippen molar-refractivity contribution < 1.29 is 9.13 Å². The lowest BCUT2D eigenvalue weighted by Crippen LogP contribution is -2.56. The van der Waals surface area contributed by atoms with Crippen LogP contribution in [0, 0.1) is 0 Å². The number of piperazine rings is 1. The van der Waals surface area contributed by atoms with E-state index in [9.17, 15) is 4.39 Å². The van der Waals surface area contributed by atoms with Gasteiger partial charge in [0.05, 0.1) is 31.1 Å². The monoisotopic (exact) mass is 501 g/mol. The summed E-state index contributed by atoms with van der Waals surface area (Å²) in [4.78, 5) is 26.8. The summed E-state index contributed by atoms with van der Waals surface area (Å²) in [5, 5.41) is 4.14. The lowest BCUT2D eigenvalue weighted by Gasteiger charge is -2.41. The molecule has 0 aromatic carbocycles. The van der Waals surface area contributed by atoms with Crippen molar-refractivity contribution >= 4 is 24.0 Å². The third-order valence-electron chi connectivity index (χ3n) is 6.09. The van der Waals surface area contributed by atoms with Crippen LogP contribution in [0.3, 0.4) is 0 Å². The standard InChI is InChI=1S/C26H28FN9O/c1-37-19-23-18-34(11-12-36(23)26-28-8-2-9-29-26)25-31-14-21(15-32-25)4-3-20-5-6-24(30-13-20)22-16-33-35(17-22)10-7-27/h2-6,8-9,13-17,23H,7,10-12,18-19H2,1H3/b4-3+/t23-/m1/s1. The number of anilines is 2. The summed E-state index contributed by atoms with van der Waals surface area (Å²) >= 11 is 0. The second kappa shape index (κ2) is 11.7. The molecule has 1 aliphatic rings. The highest BCUT2D eigenvalue weighted by molar-refractivity contribution is 5.69. The van der Waals surface area contributed by atoms with Crippen LogP contribution in [-0.4, -0.2) is 80.8 Å². The summed E-state index contributed by atoms with van der Waals surface area (Å²) < 4.78 is 19.5. The first-order valence-corrected chi connectivity index (χ1v) is 12.1. The molecule has 1 aliphatic heterocycles. The van der Waals surface area contributed by atoms with Gasteiger partial charge in [-0.15, -0.1) is 0 Å². The summed E-state index contributed by atoms with van der Waals surface area (Å²) in [6.07, 6.45) is 16.3. The Morgan fingerprint density at radius 1 is 0.946 bits per heavy atom. The number of hydrogen-bond acceptors (Lipinski definition) is 9. The molecule has 1 atom stereocenters. The molecule has 10 nitrogen and oxygen atoms in total. The maximum Gasteiger partial charge on any atom is 0.225 e. The van der Waals surface area contributed by atoms with Gasteiger partial charge in [0.2, 0.25) is 11.9 Å². The van der Waals surface area contributed by atoms with E-state index in [1.807, 2.05) is 42.7 Å². The van der Waals surface area contributed by atoms with Crippen LogP contribution in [0.4, 0.5) is 16.3 Å². The van der Waals surface area contributed by atoms with Gasteiger partial charge < -0.3 is 14.5 Å².